The first-order valence-corrected chi connectivity index (χ1v) is 6.94. The van der Waals surface area contributed by atoms with E-state index in [1.165, 1.54) is 0 Å². The largest absolute Gasteiger partial charge is 0.357 e. The average Bonchev–Trinajstić information content (AvgIpc) is 2.33. The van der Waals surface area contributed by atoms with E-state index in [0.717, 1.165) is 19.4 Å². The van der Waals surface area contributed by atoms with E-state index in [-0.39, 0.29) is 11.4 Å². The van der Waals surface area contributed by atoms with E-state index in [0.29, 0.717) is 17.9 Å². The molecule has 0 aliphatic carbocycles. The van der Waals surface area contributed by atoms with Crippen molar-refractivity contribution in [3.63, 3.8) is 0 Å². The number of pyridine rings is 1. The number of halogens is 1. The molecule has 1 aromatic rings. The van der Waals surface area contributed by atoms with Gasteiger partial charge in [-0.05, 0) is 33.3 Å². The molecule has 0 aliphatic heterocycles. The molecule has 0 bridgehead atoms. The van der Waals surface area contributed by atoms with E-state index in [2.05, 4.69) is 38.0 Å². The number of nitrogens with zero attached hydrogens (tertiary/aromatic N) is 2. The van der Waals surface area contributed by atoms with Crippen LogP contribution in [0.1, 0.15) is 46.1 Å². The predicted molar refractivity (Wildman–Crippen MR) is 79.0 cm³/mol. The van der Waals surface area contributed by atoms with Crippen LogP contribution in [0.15, 0.2) is 12.3 Å². The van der Waals surface area contributed by atoms with Crippen LogP contribution in [0.4, 0.5) is 10.2 Å². The van der Waals surface area contributed by atoms with E-state index in [1.807, 2.05) is 11.9 Å². The number of anilines is 1. The molecule has 1 rings (SSSR count). The molecule has 0 spiro atoms. The number of aromatic nitrogens is 1. The van der Waals surface area contributed by atoms with Crippen LogP contribution in [0.25, 0.3) is 0 Å². The van der Waals surface area contributed by atoms with Crippen molar-refractivity contribution in [2.45, 2.75) is 52.6 Å². The molecule has 19 heavy (non-hydrogen) atoms. The normalized spacial score (nSPS) is 11.7. The zero-order valence-electron chi connectivity index (χ0n) is 12.8. The highest BCUT2D eigenvalue weighted by Gasteiger charge is 2.15. The van der Waals surface area contributed by atoms with Crippen LogP contribution >= 0.6 is 0 Å². The van der Waals surface area contributed by atoms with E-state index in [1.54, 1.807) is 12.3 Å². The van der Waals surface area contributed by atoms with E-state index >= 15 is 0 Å². The summed E-state index contributed by atoms with van der Waals surface area (Å²) in [6.07, 6.45) is 3.82. The van der Waals surface area contributed by atoms with Crippen molar-refractivity contribution < 1.29 is 4.39 Å². The second-order valence-electron chi connectivity index (χ2n) is 5.99. The number of unbranched alkanes of at least 4 members (excludes halogenated alkanes) is 1. The minimum absolute atomic E-state index is 0.0238. The van der Waals surface area contributed by atoms with Gasteiger partial charge >= 0.3 is 0 Å². The fraction of sp³-hybridized carbons (Fsp3) is 0.667. The van der Waals surface area contributed by atoms with Crippen LogP contribution in [0.3, 0.4) is 0 Å². The maximum atomic E-state index is 14.4. The topological polar surface area (TPSA) is 28.2 Å². The first kappa shape index (κ1) is 15.9. The van der Waals surface area contributed by atoms with Crippen LogP contribution in [0.5, 0.6) is 0 Å². The second kappa shape index (κ2) is 6.85. The number of nitrogens with one attached hydrogen (secondary N) is 1. The minimum atomic E-state index is -0.210. The SMILES string of the molecule is CCCCN(C)c1nccc(CNC(C)(C)C)c1F. The Balaban J connectivity index is 2.80. The lowest BCUT2D eigenvalue weighted by Crippen LogP contribution is -2.35. The highest BCUT2D eigenvalue weighted by Crippen LogP contribution is 2.19. The lowest BCUT2D eigenvalue weighted by molar-refractivity contribution is 0.418. The van der Waals surface area contributed by atoms with E-state index in [9.17, 15) is 4.39 Å². The van der Waals surface area contributed by atoms with Crippen molar-refractivity contribution in [3.8, 4) is 0 Å². The van der Waals surface area contributed by atoms with Gasteiger partial charge in [0.05, 0.1) is 0 Å². The molecule has 1 N–H and O–H groups in total. The van der Waals surface area contributed by atoms with Gasteiger partial charge in [-0.3, -0.25) is 0 Å². The Morgan fingerprint density at radius 3 is 2.63 bits per heavy atom. The van der Waals surface area contributed by atoms with Crippen molar-refractivity contribution in [3.05, 3.63) is 23.6 Å². The maximum Gasteiger partial charge on any atom is 0.170 e. The highest BCUT2D eigenvalue weighted by atomic mass is 19.1. The number of hydrogen-bond donors (Lipinski definition) is 1. The molecule has 0 aromatic carbocycles. The summed E-state index contributed by atoms with van der Waals surface area (Å²) in [7, 11) is 1.89. The molecule has 0 amide bonds. The van der Waals surface area contributed by atoms with Gasteiger partial charge < -0.3 is 10.2 Å². The lowest BCUT2D eigenvalue weighted by Gasteiger charge is -2.22. The molecular weight excluding hydrogens is 241 g/mol. The summed E-state index contributed by atoms with van der Waals surface area (Å²) in [5, 5.41) is 3.30. The molecule has 4 heteroatoms. The monoisotopic (exact) mass is 267 g/mol. The standard InChI is InChI=1S/C15H26FN3/c1-6-7-10-19(5)14-13(16)12(8-9-17-14)11-18-15(2,3)4/h8-9,18H,6-7,10-11H2,1-5H3. The Kier molecular flexibility index (Phi) is 5.73. The average molecular weight is 267 g/mol. The van der Waals surface area contributed by atoms with Crippen molar-refractivity contribution in [2.75, 3.05) is 18.5 Å². The first-order valence-electron chi connectivity index (χ1n) is 6.94. The maximum absolute atomic E-state index is 14.4. The Bertz CT molecular complexity index is 399. The molecule has 0 atom stereocenters. The summed E-state index contributed by atoms with van der Waals surface area (Å²) in [6, 6.07) is 1.74. The third kappa shape index (κ3) is 5.15. The van der Waals surface area contributed by atoms with Gasteiger partial charge in [0, 0.05) is 37.4 Å². The van der Waals surface area contributed by atoms with Crippen LogP contribution in [0, 0.1) is 5.82 Å². The van der Waals surface area contributed by atoms with Crippen LogP contribution in [-0.4, -0.2) is 24.1 Å². The first-order chi connectivity index (χ1) is 8.85. The molecular formula is C15H26FN3. The van der Waals surface area contributed by atoms with Gasteiger partial charge in [0.15, 0.2) is 11.6 Å². The van der Waals surface area contributed by atoms with Gasteiger partial charge in [-0.25, -0.2) is 9.37 Å². The highest BCUT2D eigenvalue weighted by molar-refractivity contribution is 5.42. The summed E-state index contributed by atoms with van der Waals surface area (Å²) in [4.78, 5) is 6.05. The summed E-state index contributed by atoms with van der Waals surface area (Å²) in [6.45, 7) is 9.69. The predicted octanol–water partition coefficient (Wildman–Crippen LogP) is 3.35. The quantitative estimate of drug-likeness (QED) is 0.856. The molecule has 0 aliphatic rings. The molecule has 3 nitrogen and oxygen atoms in total. The van der Waals surface area contributed by atoms with Crippen LogP contribution in [0.2, 0.25) is 0 Å². The summed E-state index contributed by atoms with van der Waals surface area (Å²) in [5.41, 5.74) is 0.646. The summed E-state index contributed by atoms with van der Waals surface area (Å²) in [5.74, 6) is 0.236. The van der Waals surface area contributed by atoms with Crippen LogP contribution < -0.4 is 10.2 Å². The molecule has 0 saturated carbocycles. The van der Waals surface area contributed by atoms with Gasteiger partial charge in [0.2, 0.25) is 0 Å². The zero-order chi connectivity index (χ0) is 14.5. The fourth-order valence-electron chi connectivity index (χ4n) is 1.74. The third-order valence-electron chi connectivity index (χ3n) is 2.97. The van der Waals surface area contributed by atoms with Crippen molar-refractivity contribution in [1.29, 1.82) is 0 Å². The molecule has 0 fully saturated rings. The van der Waals surface area contributed by atoms with Gasteiger partial charge in [-0.2, -0.15) is 0 Å². The molecule has 0 radical (unpaired) electrons. The van der Waals surface area contributed by atoms with Crippen LogP contribution in [-0.2, 0) is 6.54 Å². The second-order valence-corrected chi connectivity index (χ2v) is 5.99. The number of rotatable bonds is 6. The smallest absolute Gasteiger partial charge is 0.170 e. The van der Waals surface area contributed by atoms with Crippen molar-refractivity contribution in [2.24, 2.45) is 0 Å². The van der Waals surface area contributed by atoms with E-state index in [4.69, 9.17) is 0 Å². The Labute approximate surface area is 116 Å². The van der Waals surface area contributed by atoms with E-state index < -0.39 is 0 Å². The van der Waals surface area contributed by atoms with Gasteiger partial charge in [0.25, 0.3) is 0 Å². The summed E-state index contributed by atoms with van der Waals surface area (Å²) < 4.78 is 14.4. The Hall–Kier alpha value is -1.16. The third-order valence-corrected chi connectivity index (χ3v) is 2.97. The molecule has 1 aromatic heterocycles. The van der Waals surface area contributed by atoms with Gasteiger partial charge in [-0.1, -0.05) is 13.3 Å². The summed E-state index contributed by atoms with van der Waals surface area (Å²) >= 11 is 0. The lowest BCUT2D eigenvalue weighted by atomic mass is 10.1. The Morgan fingerprint density at radius 2 is 2.05 bits per heavy atom. The molecule has 0 saturated heterocycles. The number of hydrogen-bond acceptors (Lipinski definition) is 3. The molecule has 0 unspecified atom stereocenters. The van der Waals surface area contributed by atoms with Gasteiger partial charge in [0.1, 0.15) is 0 Å². The zero-order valence-corrected chi connectivity index (χ0v) is 12.8. The fourth-order valence-corrected chi connectivity index (χ4v) is 1.74. The van der Waals surface area contributed by atoms with Crippen molar-refractivity contribution in [1.82, 2.24) is 10.3 Å². The van der Waals surface area contributed by atoms with Crippen molar-refractivity contribution >= 4 is 5.82 Å². The Morgan fingerprint density at radius 1 is 1.37 bits per heavy atom. The molecule has 1 heterocycles. The molecule has 108 valence electrons. The minimum Gasteiger partial charge on any atom is -0.357 e. The van der Waals surface area contributed by atoms with Gasteiger partial charge in [-0.15, -0.1) is 0 Å².